The van der Waals surface area contributed by atoms with Crippen LogP contribution in [0.25, 0.3) is 0 Å². The number of sulfonamides is 1. The van der Waals surface area contributed by atoms with Crippen LogP contribution >= 0.6 is 23.1 Å². The number of unbranched alkanes of at least 4 members (excludes halogenated alkanes) is 9. The minimum Gasteiger partial charge on any atom is -0.470 e. The molecule has 4 heterocycles. The number of fused-ring (bicyclic) bond motifs is 1. The van der Waals surface area contributed by atoms with E-state index in [0.29, 0.717) is 56.4 Å². The predicted octanol–water partition coefficient (Wildman–Crippen LogP) is 5.89. The Morgan fingerprint density at radius 1 is 0.775 bits per heavy atom. The fourth-order valence-electron chi connectivity index (χ4n) is 8.54. The molecule has 0 aromatic carbocycles. The molecule has 2 aliphatic rings. The van der Waals surface area contributed by atoms with E-state index in [1.54, 1.807) is 25.5 Å². The van der Waals surface area contributed by atoms with Crippen LogP contribution in [0.1, 0.15) is 171 Å². The smallest absolute Gasteiger partial charge is 0.347 e. The fourth-order valence-corrected chi connectivity index (χ4v) is 14.1. The number of ether oxygens (including phenoxy) is 7. The van der Waals surface area contributed by atoms with E-state index in [1.165, 1.54) is 63.3 Å². The fraction of sp³-hybridized carbons (Fsp3) is 0.750. The third kappa shape index (κ3) is 20.7. The van der Waals surface area contributed by atoms with Gasteiger partial charge in [-0.05, 0) is 80.8 Å². The third-order valence-electron chi connectivity index (χ3n) is 13.2. The zero-order chi connectivity index (χ0) is 59.4. The first-order valence-corrected chi connectivity index (χ1v) is 32.0. The van der Waals surface area contributed by atoms with Crippen molar-refractivity contribution in [3.05, 3.63) is 11.6 Å². The van der Waals surface area contributed by atoms with Gasteiger partial charge in [0.1, 0.15) is 15.0 Å². The summed E-state index contributed by atoms with van der Waals surface area (Å²) in [4.78, 5) is 95.4. The molecule has 80 heavy (non-hydrogen) atoms. The van der Waals surface area contributed by atoms with Crippen molar-refractivity contribution in [2.24, 2.45) is 0 Å². The average molecular weight is 1210 g/mol. The molecule has 4 rings (SSSR count). The van der Waals surface area contributed by atoms with Gasteiger partial charge in [0.05, 0.1) is 49.6 Å². The van der Waals surface area contributed by atoms with Crippen LogP contribution < -0.4 is 19.7 Å². The number of rotatable bonds is 33. The van der Waals surface area contributed by atoms with E-state index in [0.717, 1.165) is 51.8 Å². The number of hydrogen-bond acceptors (Lipinski definition) is 24. The number of carbonyl (C=O) groups is 7. The van der Waals surface area contributed by atoms with Gasteiger partial charge in [0.25, 0.3) is 27.7 Å². The molecule has 2 amide bonds. The highest BCUT2D eigenvalue weighted by molar-refractivity contribution is 7.95. The number of hydrogen-bond donors (Lipinski definition) is 2. The molecule has 28 heteroatoms. The molecule has 7 atom stereocenters. The van der Waals surface area contributed by atoms with Gasteiger partial charge in [0.15, 0.2) is 40.4 Å². The lowest BCUT2D eigenvalue weighted by Gasteiger charge is -2.39. The van der Waals surface area contributed by atoms with Gasteiger partial charge in [-0.3, -0.25) is 24.0 Å². The standard InChI is InChI=1S/C52H82N6O18S4/c1-11-13-14-15-16-17-18-19-20-21-22-41(59)72-35(5)48(63)58(52(8,9)10)31-38(32-71-47-45(54-78-55-47)57-25-27-70-28-26-57)76-43(61)24-23-42(60)73-36(6)49(64)75-37(7)50(65)74-34(4)46(62)56-80(68,69)44-30-39-40(53-12-2)29-33(3)79(66,67)51(39)77-44/h30,33-38,40,53H,11-29,31-32H2,1-10H3,(H,56,62)/t33-,34?,35?,36?,37?,38-,40-/m0/s1. The Balaban J connectivity index is 1.30. The van der Waals surface area contributed by atoms with E-state index >= 15 is 0 Å². The van der Waals surface area contributed by atoms with Crippen LogP contribution in [0.3, 0.4) is 0 Å². The van der Waals surface area contributed by atoms with Crippen molar-refractivity contribution in [2.45, 2.75) is 215 Å². The minimum atomic E-state index is -4.63. The van der Waals surface area contributed by atoms with Crippen molar-refractivity contribution in [1.29, 1.82) is 0 Å². The second-order valence-electron chi connectivity index (χ2n) is 20.9. The van der Waals surface area contributed by atoms with Crippen molar-refractivity contribution in [3.63, 3.8) is 0 Å². The number of anilines is 1. The summed E-state index contributed by atoms with van der Waals surface area (Å²) >= 11 is 1.42. The normalized spacial score (nSPS) is 18.1. The molecule has 24 nitrogen and oxygen atoms in total. The molecule has 4 unspecified atom stereocenters. The Labute approximate surface area is 478 Å². The molecule has 0 bridgehead atoms. The number of nitrogens with zero attached hydrogens (tertiary/aromatic N) is 4. The molecular weight excluding hydrogens is 1120 g/mol. The first kappa shape index (κ1) is 67.5. The number of carbonyl (C=O) groups excluding carboxylic acids is 7. The van der Waals surface area contributed by atoms with Gasteiger partial charge >= 0.3 is 29.8 Å². The van der Waals surface area contributed by atoms with E-state index in [-0.39, 0.29) is 41.6 Å². The summed E-state index contributed by atoms with van der Waals surface area (Å²) in [6, 6.07) is 0.756. The molecule has 2 aromatic heterocycles. The zero-order valence-corrected chi connectivity index (χ0v) is 51.0. The van der Waals surface area contributed by atoms with Crippen LogP contribution in [-0.2, 0) is 81.8 Å². The van der Waals surface area contributed by atoms with Crippen LogP contribution in [0.5, 0.6) is 5.88 Å². The Morgan fingerprint density at radius 2 is 1.32 bits per heavy atom. The molecular formula is C52H82N6O18S4. The average Bonchev–Trinajstić information content (AvgIpc) is 4.08. The van der Waals surface area contributed by atoms with E-state index in [2.05, 4.69) is 21.0 Å². The third-order valence-corrected chi connectivity index (χ3v) is 19.4. The van der Waals surface area contributed by atoms with Gasteiger partial charge in [0.2, 0.25) is 5.82 Å². The lowest BCUT2D eigenvalue weighted by molar-refractivity contribution is -0.179. The molecule has 1 saturated heterocycles. The number of amides is 2. The molecule has 452 valence electrons. The number of morpholine rings is 1. The Hall–Kier alpha value is -5.03. The summed E-state index contributed by atoms with van der Waals surface area (Å²) in [5, 5.41) is 2.37. The first-order valence-electron chi connectivity index (χ1n) is 27.5. The van der Waals surface area contributed by atoms with Gasteiger partial charge in [-0.2, -0.15) is 4.37 Å². The highest BCUT2D eigenvalue weighted by Gasteiger charge is 2.41. The Kier molecular flexibility index (Phi) is 27.0. The lowest BCUT2D eigenvalue weighted by atomic mass is 10.0. The number of aromatic nitrogens is 2. The van der Waals surface area contributed by atoms with E-state index in [4.69, 9.17) is 33.2 Å². The maximum atomic E-state index is 14.0. The number of esters is 5. The monoisotopic (exact) mass is 1210 g/mol. The molecule has 0 saturated carbocycles. The van der Waals surface area contributed by atoms with Crippen LogP contribution in [0.4, 0.5) is 5.82 Å². The van der Waals surface area contributed by atoms with Gasteiger partial charge in [-0.1, -0.05) is 71.6 Å². The second-order valence-corrected chi connectivity index (χ2v) is 26.9. The first-order chi connectivity index (χ1) is 37.7. The van der Waals surface area contributed by atoms with Crippen LogP contribution in [-0.4, -0.2) is 159 Å². The van der Waals surface area contributed by atoms with Crippen molar-refractivity contribution in [2.75, 3.05) is 50.9 Å². The van der Waals surface area contributed by atoms with E-state index in [9.17, 15) is 50.4 Å². The summed E-state index contributed by atoms with van der Waals surface area (Å²) in [5.41, 5.74) is -0.610. The largest absolute Gasteiger partial charge is 0.470 e. The summed E-state index contributed by atoms with van der Waals surface area (Å²) in [7, 11) is -8.46. The van der Waals surface area contributed by atoms with Gasteiger partial charge < -0.3 is 48.3 Å². The summed E-state index contributed by atoms with van der Waals surface area (Å²) < 4.78 is 101. The van der Waals surface area contributed by atoms with Crippen LogP contribution in [0, 0.1) is 0 Å². The van der Waals surface area contributed by atoms with E-state index < -0.39 is 126 Å². The number of thiophene rings is 1. The maximum Gasteiger partial charge on any atom is 0.347 e. The van der Waals surface area contributed by atoms with Crippen molar-refractivity contribution in [1.82, 2.24) is 23.7 Å². The summed E-state index contributed by atoms with van der Waals surface area (Å²) in [6.07, 6.45) is 2.86. The van der Waals surface area contributed by atoms with Crippen molar-refractivity contribution in [3.8, 4) is 5.88 Å². The SMILES string of the molecule is CCCCCCCCCCCCC(=O)OC(C)C(=O)N(C[C@@H](COc1nsnc1N1CCOCC1)OC(=O)CCC(=O)OC(C)C(=O)OC(C)C(=O)OC(C)C(=O)NS(=O)(=O)c1cc2c(s1)S(=O)(=O)[C@@H](C)C[C@@H]2NCC)C(C)(C)C. The van der Waals surface area contributed by atoms with Crippen molar-refractivity contribution >= 4 is 90.4 Å². The highest BCUT2D eigenvalue weighted by Crippen LogP contribution is 2.43. The Bertz CT molecular complexity index is 2620. The van der Waals surface area contributed by atoms with Crippen molar-refractivity contribution < 1.29 is 83.6 Å². The molecule has 0 spiro atoms. The topological polar surface area (TPSA) is 309 Å². The molecule has 2 aliphatic heterocycles. The minimum absolute atomic E-state index is 0.126. The summed E-state index contributed by atoms with van der Waals surface area (Å²) in [5.74, 6) is -6.08. The molecule has 0 radical (unpaired) electrons. The maximum absolute atomic E-state index is 14.0. The highest BCUT2D eigenvalue weighted by atomic mass is 32.3. The predicted molar refractivity (Wildman–Crippen MR) is 295 cm³/mol. The van der Waals surface area contributed by atoms with Gasteiger partial charge in [-0.15, -0.1) is 15.7 Å². The summed E-state index contributed by atoms with van der Waals surface area (Å²) in [6.45, 7) is 17.6. The number of sulfone groups is 1. The van der Waals surface area contributed by atoms with Crippen LogP contribution in [0.2, 0.25) is 0 Å². The molecule has 2 N–H and O–H groups in total. The lowest BCUT2D eigenvalue weighted by Crippen LogP contribution is -2.54. The quantitative estimate of drug-likeness (QED) is 0.0478. The zero-order valence-electron chi connectivity index (χ0n) is 47.7. The molecule has 1 fully saturated rings. The number of nitrogens with one attached hydrogen (secondary N) is 2. The molecule has 0 aliphatic carbocycles. The van der Waals surface area contributed by atoms with Gasteiger partial charge in [-0.25, -0.2) is 31.1 Å². The molecule has 2 aromatic rings. The second kappa shape index (κ2) is 32.0. The van der Waals surface area contributed by atoms with E-state index in [1.807, 2.05) is 11.8 Å². The van der Waals surface area contributed by atoms with Crippen LogP contribution in [0.15, 0.2) is 14.5 Å². The Morgan fingerprint density at radius 3 is 1.93 bits per heavy atom. The van der Waals surface area contributed by atoms with Gasteiger partial charge in [0, 0.05) is 36.7 Å².